The molecule has 2 nitrogen and oxygen atoms in total. The lowest BCUT2D eigenvalue weighted by Gasteiger charge is -2.35. The van der Waals surface area contributed by atoms with Crippen molar-refractivity contribution in [3.63, 3.8) is 0 Å². The first-order valence-corrected chi connectivity index (χ1v) is 14.4. The topological polar surface area (TPSA) is 15.3 Å². The van der Waals surface area contributed by atoms with Crippen LogP contribution in [0, 0.1) is 0 Å². The van der Waals surface area contributed by atoms with Gasteiger partial charge in [-0.25, -0.2) is 0 Å². The first-order valence-electron chi connectivity index (χ1n) is 14.4. The Hall–Kier alpha value is -4.82. The third-order valence-corrected chi connectivity index (χ3v) is 8.03. The van der Waals surface area contributed by atoms with E-state index in [2.05, 4.69) is 176 Å². The summed E-state index contributed by atoms with van der Waals surface area (Å²) in [5.41, 5.74) is 7.55. The van der Waals surface area contributed by atoms with Crippen LogP contribution in [0.5, 0.6) is 0 Å². The Labute approximate surface area is 244 Å². The fourth-order valence-corrected chi connectivity index (χ4v) is 5.93. The normalized spacial score (nSPS) is 19.1. The van der Waals surface area contributed by atoms with Gasteiger partial charge in [-0.1, -0.05) is 123 Å². The largest absolute Gasteiger partial charge is 0.356 e. The van der Waals surface area contributed by atoms with Gasteiger partial charge in [0, 0.05) is 33.6 Å². The van der Waals surface area contributed by atoms with Crippen molar-refractivity contribution in [2.75, 3.05) is 10.2 Å². The lowest BCUT2D eigenvalue weighted by Crippen LogP contribution is -2.28. The molecule has 0 spiro atoms. The van der Waals surface area contributed by atoms with E-state index in [1.807, 2.05) is 0 Å². The molecule has 41 heavy (non-hydrogen) atoms. The van der Waals surface area contributed by atoms with Gasteiger partial charge in [-0.05, 0) is 71.8 Å². The standard InChI is InChI=1S/C39H36N2/c1-4-5-6-8-15-30-26-32(28-35(27-30)41(34-20-11-12-21-34)33-18-9-7-10-19-33)39(3)25-24-29(2)40-37-23-14-17-31-16-13-22-36(39)38(31)37/h5-28,34,40H,2,4H2,1,3H3/b6-5-,15-8-,25-24-. The highest BCUT2D eigenvalue weighted by molar-refractivity contribution is 5.99. The second-order valence-electron chi connectivity index (χ2n) is 10.9. The number of allylic oxidation sites excluding steroid dienone is 7. The monoisotopic (exact) mass is 532 g/mol. The summed E-state index contributed by atoms with van der Waals surface area (Å²) in [5.74, 6) is 0. The molecule has 1 N–H and O–H groups in total. The van der Waals surface area contributed by atoms with E-state index < -0.39 is 5.41 Å². The molecule has 4 aromatic carbocycles. The molecular weight excluding hydrogens is 496 g/mol. The molecule has 0 aromatic heterocycles. The molecule has 1 aliphatic carbocycles. The van der Waals surface area contributed by atoms with E-state index in [4.69, 9.17) is 0 Å². The molecule has 6 rings (SSSR count). The van der Waals surface area contributed by atoms with Crippen LogP contribution >= 0.6 is 0 Å². The highest BCUT2D eigenvalue weighted by atomic mass is 15.2. The summed E-state index contributed by atoms with van der Waals surface area (Å²) in [6.45, 7) is 8.80. The van der Waals surface area contributed by atoms with Gasteiger partial charge in [-0.3, -0.25) is 0 Å². The minimum Gasteiger partial charge on any atom is -0.356 e. The number of hydrogen-bond donors (Lipinski definition) is 1. The zero-order valence-corrected chi connectivity index (χ0v) is 23.8. The minimum absolute atomic E-state index is 0.137. The molecule has 0 amide bonds. The predicted molar refractivity (Wildman–Crippen MR) is 178 cm³/mol. The van der Waals surface area contributed by atoms with Crippen molar-refractivity contribution in [2.24, 2.45) is 0 Å². The molecule has 1 heterocycles. The average Bonchev–Trinajstić information content (AvgIpc) is 3.52. The molecule has 0 fully saturated rings. The molecule has 0 bridgehead atoms. The van der Waals surface area contributed by atoms with Gasteiger partial charge in [0.1, 0.15) is 0 Å². The molecule has 1 aliphatic heterocycles. The molecule has 202 valence electrons. The number of nitrogens with one attached hydrogen (secondary N) is 1. The van der Waals surface area contributed by atoms with Crippen LogP contribution in [0.1, 0.15) is 37.0 Å². The summed E-state index contributed by atoms with van der Waals surface area (Å²) in [4.78, 5) is 2.42. The maximum atomic E-state index is 4.31. The minimum atomic E-state index is -0.401. The first-order chi connectivity index (χ1) is 20.1. The van der Waals surface area contributed by atoms with E-state index in [1.54, 1.807) is 0 Å². The van der Waals surface area contributed by atoms with E-state index in [0.29, 0.717) is 0 Å². The Bertz CT molecular complexity index is 1720. The first kappa shape index (κ1) is 26.4. The molecule has 0 saturated heterocycles. The Morgan fingerprint density at radius 1 is 0.878 bits per heavy atom. The highest BCUT2D eigenvalue weighted by Gasteiger charge is 2.31. The van der Waals surface area contributed by atoms with Crippen LogP contribution in [-0.4, -0.2) is 6.04 Å². The molecule has 1 unspecified atom stereocenters. The van der Waals surface area contributed by atoms with Gasteiger partial charge in [-0.15, -0.1) is 0 Å². The SMILES string of the molecule is C=C1/C=C\C(C)(c2cc(/C=C\C=C/CC)cc(N(c3ccccc3)C3C=CC=C3)c2)c2cccc3cccc(c23)N1. The zero-order valence-electron chi connectivity index (χ0n) is 23.8. The van der Waals surface area contributed by atoms with E-state index >= 15 is 0 Å². The molecule has 2 aliphatic rings. The molecule has 1 atom stereocenters. The third-order valence-electron chi connectivity index (χ3n) is 8.03. The fourth-order valence-electron chi connectivity index (χ4n) is 5.93. The number of para-hydroxylation sites is 1. The number of rotatable bonds is 7. The van der Waals surface area contributed by atoms with Gasteiger partial charge in [0.05, 0.1) is 6.04 Å². The Balaban J connectivity index is 1.61. The van der Waals surface area contributed by atoms with Gasteiger partial charge in [-0.2, -0.15) is 0 Å². The average molecular weight is 533 g/mol. The summed E-state index contributed by atoms with van der Waals surface area (Å²) < 4.78 is 0. The summed E-state index contributed by atoms with van der Waals surface area (Å²) in [6, 6.07) is 30.9. The Kier molecular flexibility index (Phi) is 7.31. The molecular formula is C39H36N2. The molecule has 0 radical (unpaired) electrons. The Morgan fingerprint density at radius 3 is 2.44 bits per heavy atom. The number of nitrogens with zero attached hydrogens (tertiary/aromatic N) is 1. The molecule has 2 heteroatoms. The maximum Gasteiger partial charge on any atom is 0.0712 e. The van der Waals surface area contributed by atoms with Gasteiger partial charge >= 0.3 is 0 Å². The quantitative estimate of drug-likeness (QED) is 0.238. The second kappa shape index (κ2) is 11.3. The van der Waals surface area contributed by atoms with Crippen LogP contribution in [-0.2, 0) is 5.41 Å². The van der Waals surface area contributed by atoms with Gasteiger partial charge in [0.25, 0.3) is 0 Å². The maximum absolute atomic E-state index is 4.31. The smallest absolute Gasteiger partial charge is 0.0712 e. The van der Waals surface area contributed by atoms with Gasteiger partial charge < -0.3 is 10.2 Å². The van der Waals surface area contributed by atoms with Gasteiger partial charge in [0.2, 0.25) is 0 Å². The van der Waals surface area contributed by atoms with Crippen molar-refractivity contribution < 1.29 is 0 Å². The van der Waals surface area contributed by atoms with Crippen molar-refractivity contribution in [3.8, 4) is 0 Å². The lowest BCUT2D eigenvalue weighted by atomic mass is 9.72. The summed E-state index contributed by atoms with van der Waals surface area (Å²) in [7, 11) is 0. The summed E-state index contributed by atoms with van der Waals surface area (Å²) in [5, 5.41) is 5.98. The molecule has 4 aromatic rings. The van der Waals surface area contributed by atoms with Gasteiger partial charge in [0.15, 0.2) is 0 Å². The van der Waals surface area contributed by atoms with Crippen molar-refractivity contribution in [3.05, 3.63) is 169 Å². The van der Waals surface area contributed by atoms with E-state index in [9.17, 15) is 0 Å². The Morgan fingerprint density at radius 2 is 1.66 bits per heavy atom. The fraction of sp³-hybridized carbons (Fsp3) is 0.128. The van der Waals surface area contributed by atoms with Crippen LogP contribution in [0.15, 0.2) is 152 Å². The molecule has 0 saturated carbocycles. The van der Waals surface area contributed by atoms with Crippen molar-refractivity contribution in [1.82, 2.24) is 0 Å². The van der Waals surface area contributed by atoms with Crippen LogP contribution in [0.3, 0.4) is 0 Å². The summed E-state index contributed by atoms with van der Waals surface area (Å²) in [6.07, 6.45) is 22.9. The second-order valence-corrected chi connectivity index (χ2v) is 10.9. The van der Waals surface area contributed by atoms with Crippen LogP contribution in [0.4, 0.5) is 17.1 Å². The lowest BCUT2D eigenvalue weighted by molar-refractivity contribution is 0.728. The highest BCUT2D eigenvalue weighted by Crippen LogP contribution is 2.44. The van der Waals surface area contributed by atoms with Crippen LogP contribution < -0.4 is 10.2 Å². The number of anilines is 3. The zero-order chi connectivity index (χ0) is 28.2. The van der Waals surface area contributed by atoms with Crippen molar-refractivity contribution in [1.29, 1.82) is 0 Å². The number of hydrogen-bond acceptors (Lipinski definition) is 2. The number of benzene rings is 4. The van der Waals surface area contributed by atoms with Crippen LogP contribution in [0.25, 0.3) is 16.8 Å². The van der Waals surface area contributed by atoms with E-state index in [0.717, 1.165) is 29.2 Å². The third kappa shape index (κ3) is 5.21. The van der Waals surface area contributed by atoms with E-state index in [1.165, 1.54) is 27.5 Å². The van der Waals surface area contributed by atoms with Crippen LogP contribution in [0.2, 0.25) is 0 Å². The summed E-state index contributed by atoms with van der Waals surface area (Å²) >= 11 is 0. The van der Waals surface area contributed by atoms with Crippen molar-refractivity contribution >= 4 is 33.9 Å². The van der Waals surface area contributed by atoms with E-state index in [-0.39, 0.29) is 6.04 Å². The van der Waals surface area contributed by atoms with Crippen molar-refractivity contribution in [2.45, 2.75) is 31.7 Å². The predicted octanol–water partition coefficient (Wildman–Crippen LogP) is 10.3.